The molecule has 1 aliphatic heterocycles. The number of hydrogen-bond acceptors (Lipinski definition) is 3. The van der Waals surface area contributed by atoms with Crippen molar-refractivity contribution in [2.45, 2.75) is 40.0 Å². The first-order valence-corrected chi connectivity index (χ1v) is 7.25. The molecule has 1 aliphatic rings. The highest BCUT2D eigenvalue weighted by Gasteiger charge is 2.31. The molecule has 0 atom stereocenters. The molecule has 0 amide bonds. The molecule has 0 saturated heterocycles. The van der Waals surface area contributed by atoms with Crippen LogP contribution in [0, 0.1) is 13.8 Å². The van der Waals surface area contributed by atoms with E-state index in [1.54, 1.807) is 0 Å². The number of fused-ring (bicyclic) bond motifs is 1. The van der Waals surface area contributed by atoms with Gasteiger partial charge in [-0.05, 0) is 37.1 Å². The Labute approximate surface area is 125 Å². The minimum absolute atomic E-state index is 0.575. The fourth-order valence-corrected chi connectivity index (χ4v) is 2.52. The summed E-state index contributed by atoms with van der Waals surface area (Å²) < 4.78 is 11.5. The van der Waals surface area contributed by atoms with Crippen molar-refractivity contribution in [1.82, 2.24) is 0 Å². The molecule has 0 radical (unpaired) electrons. The number of benzene rings is 2. The zero-order valence-electron chi connectivity index (χ0n) is 13.0. The van der Waals surface area contributed by atoms with E-state index in [1.165, 1.54) is 16.7 Å². The Morgan fingerprint density at radius 3 is 2.52 bits per heavy atom. The first kappa shape index (κ1) is 13.8. The molecule has 0 bridgehead atoms. The lowest BCUT2D eigenvalue weighted by molar-refractivity contribution is -0.0431. The minimum atomic E-state index is -0.575. The summed E-state index contributed by atoms with van der Waals surface area (Å²) in [6.45, 7) is 8.88. The van der Waals surface area contributed by atoms with Crippen molar-refractivity contribution in [1.29, 1.82) is 0 Å². The lowest BCUT2D eigenvalue weighted by Crippen LogP contribution is -2.29. The third-order valence-corrected chi connectivity index (χ3v) is 3.64. The molecule has 21 heavy (non-hydrogen) atoms. The summed E-state index contributed by atoms with van der Waals surface area (Å²) in [5, 5.41) is 3.45. The van der Waals surface area contributed by atoms with Crippen LogP contribution >= 0.6 is 0 Å². The van der Waals surface area contributed by atoms with Gasteiger partial charge in [0.15, 0.2) is 11.5 Å². The molecule has 3 nitrogen and oxygen atoms in total. The summed E-state index contributed by atoms with van der Waals surface area (Å²) in [6, 6.07) is 12.5. The normalized spacial score (nSPS) is 15.0. The van der Waals surface area contributed by atoms with Crippen molar-refractivity contribution in [3.63, 3.8) is 0 Å². The fourth-order valence-electron chi connectivity index (χ4n) is 2.52. The number of rotatable bonds is 3. The molecule has 0 unspecified atom stereocenters. The molecule has 110 valence electrons. The Morgan fingerprint density at radius 2 is 1.71 bits per heavy atom. The quantitative estimate of drug-likeness (QED) is 0.904. The van der Waals surface area contributed by atoms with Crippen molar-refractivity contribution in [2.75, 3.05) is 5.32 Å². The third-order valence-electron chi connectivity index (χ3n) is 3.64. The van der Waals surface area contributed by atoms with E-state index in [1.807, 2.05) is 32.0 Å². The van der Waals surface area contributed by atoms with Crippen molar-refractivity contribution in [3.8, 4) is 11.5 Å². The van der Waals surface area contributed by atoms with Crippen LogP contribution in [0.15, 0.2) is 36.4 Å². The van der Waals surface area contributed by atoms with Crippen molar-refractivity contribution < 1.29 is 9.47 Å². The highest BCUT2D eigenvalue weighted by molar-refractivity contribution is 5.56. The van der Waals surface area contributed by atoms with Crippen LogP contribution in [-0.4, -0.2) is 5.79 Å². The topological polar surface area (TPSA) is 30.5 Å². The van der Waals surface area contributed by atoms with Gasteiger partial charge in [0, 0.05) is 32.1 Å². The average Bonchev–Trinajstić information content (AvgIpc) is 2.72. The number of ether oxygens (including phenoxy) is 2. The van der Waals surface area contributed by atoms with Gasteiger partial charge in [0.25, 0.3) is 0 Å². The Balaban J connectivity index is 1.74. The zero-order chi connectivity index (χ0) is 15.0. The first-order chi connectivity index (χ1) is 9.93. The average molecular weight is 283 g/mol. The molecule has 3 heteroatoms. The molecule has 0 saturated carbocycles. The smallest absolute Gasteiger partial charge is 0.246 e. The van der Waals surface area contributed by atoms with E-state index in [-0.39, 0.29) is 0 Å². The van der Waals surface area contributed by atoms with Crippen LogP contribution in [0.3, 0.4) is 0 Å². The van der Waals surface area contributed by atoms with E-state index in [0.717, 1.165) is 23.7 Å². The summed E-state index contributed by atoms with van der Waals surface area (Å²) in [5.74, 6) is 1.02. The second kappa shape index (κ2) is 4.99. The van der Waals surface area contributed by atoms with E-state index in [2.05, 4.69) is 37.4 Å². The highest BCUT2D eigenvalue weighted by atomic mass is 16.7. The maximum Gasteiger partial charge on any atom is 0.246 e. The van der Waals surface area contributed by atoms with Crippen molar-refractivity contribution in [2.24, 2.45) is 0 Å². The molecule has 1 N–H and O–H groups in total. The highest BCUT2D eigenvalue weighted by Crippen LogP contribution is 2.40. The van der Waals surface area contributed by atoms with E-state index in [9.17, 15) is 0 Å². The SMILES string of the molecule is Cc1ccc(C)c(CNc2ccc3c(c2)OC(C)(C)O3)c1. The molecule has 0 spiro atoms. The van der Waals surface area contributed by atoms with Crippen LogP contribution in [0.1, 0.15) is 30.5 Å². The summed E-state index contributed by atoms with van der Waals surface area (Å²) >= 11 is 0. The van der Waals surface area contributed by atoms with Gasteiger partial charge in [0.1, 0.15) is 0 Å². The van der Waals surface area contributed by atoms with Crippen LogP contribution in [0.5, 0.6) is 11.5 Å². The van der Waals surface area contributed by atoms with Gasteiger partial charge < -0.3 is 14.8 Å². The van der Waals surface area contributed by atoms with Gasteiger partial charge in [-0.2, -0.15) is 0 Å². The number of aryl methyl sites for hydroxylation is 2. The summed E-state index contributed by atoms with van der Waals surface area (Å²) in [5.41, 5.74) is 4.93. The summed E-state index contributed by atoms with van der Waals surface area (Å²) in [4.78, 5) is 0. The standard InChI is InChI=1S/C18H21NO2/c1-12-5-6-13(2)14(9-12)11-19-15-7-8-16-17(10-15)21-18(3,4)20-16/h5-10,19H,11H2,1-4H3. The predicted octanol–water partition coefficient (Wildman–Crippen LogP) is 4.42. The van der Waals surface area contributed by atoms with Gasteiger partial charge >= 0.3 is 0 Å². The Bertz CT molecular complexity index is 677. The van der Waals surface area contributed by atoms with Crippen LogP contribution < -0.4 is 14.8 Å². The predicted molar refractivity (Wildman–Crippen MR) is 85.0 cm³/mol. The van der Waals surface area contributed by atoms with Gasteiger partial charge in [0.2, 0.25) is 5.79 Å². The molecule has 2 aromatic carbocycles. The monoisotopic (exact) mass is 283 g/mol. The third kappa shape index (κ3) is 2.97. The maximum absolute atomic E-state index is 5.77. The largest absolute Gasteiger partial charge is 0.449 e. The Kier molecular flexibility index (Phi) is 3.28. The van der Waals surface area contributed by atoms with Crippen molar-refractivity contribution >= 4 is 5.69 Å². The number of anilines is 1. The fraction of sp³-hybridized carbons (Fsp3) is 0.333. The molecule has 0 aliphatic carbocycles. The second-order valence-corrected chi connectivity index (χ2v) is 6.05. The van der Waals surface area contributed by atoms with Crippen molar-refractivity contribution in [3.05, 3.63) is 53.1 Å². The zero-order valence-corrected chi connectivity index (χ0v) is 13.0. The van der Waals surface area contributed by atoms with Crippen LogP contribution in [0.2, 0.25) is 0 Å². The molecule has 1 heterocycles. The van der Waals surface area contributed by atoms with Gasteiger partial charge in [-0.15, -0.1) is 0 Å². The van der Waals surface area contributed by atoms with Gasteiger partial charge in [0.05, 0.1) is 0 Å². The minimum Gasteiger partial charge on any atom is -0.449 e. The molecule has 2 aromatic rings. The summed E-state index contributed by atoms with van der Waals surface area (Å²) in [7, 11) is 0. The molecular weight excluding hydrogens is 262 g/mol. The number of hydrogen-bond donors (Lipinski definition) is 1. The van der Waals surface area contributed by atoms with Crippen LogP contribution in [0.4, 0.5) is 5.69 Å². The van der Waals surface area contributed by atoms with E-state index >= 15 is 0 Å². The van der Waals surface area contributed by atoms with Gasteiger partial charge in [-0.1, -0.05) is 23.8 Å². The lowest BCUT2D eigenvalue weighted by Gasteiger charge is -2.16. The number of nitrogens with one attached hydrogen (secondary N) is 1. The molecule has 0 fully saturated rings. The Hall–Kier alpha value is -2.16. The van der Waals surface area contributed by atoms with E-state index in [0.29, 0.717) is 0 Å². The van der Waals surface area contributed by atoms with E-state index in [4.69, 9.17) is 9.47 Å². The maximum atomic E-state index is 5.77. The second-order valence-electron chi connectivity index (χ2n) is 6.05. The first-order valence-electron chi connectivity index (χ1n) is 7.25. The molecular formula is C18H21NO2. The lowest BCUT2D eigenvalue weighted by atomic mass is 10.1. The van der Waals surface area contributed by atoms with Gasteiger partial charge in [-0.3, -0.25) is 0 Å². The van der Waals surface area contributed by atoms with Crippen LogP contribution in [-0.2, 0) is 6.54 Å². The van der Waals surface area contributed by atoms with E-state index < -0.39 is 5.79 Å². The Morgan fingerprint density at radius 1 is 0.952 bits per heavy atom. The molecule has 0 aromatic heterocycles. The van der Waals surface area contributed by atoms with Gasteiger partial charge in [-0.25, -0.2) is 0 Å². The molecule has 3 rings (SSSR count). The summed E-state index contributed by atoms with van der Waals surface area (Å²) in [6.07, 6.45) is 0. The van der Waals surface area contributed by atoms with Crippen LogP contribution in [0.25, 0.3) is 0 Å².